The summed E-state index contributed by atoms with van der Waals surface area (Å²) in [5.74, 6) is -1.10. The van der Waals surface area contributed by atoms with Crippen LogP contribution in [0.1, 0.15) is 22.7 Å². The number of Topliss-reactive ketones (excluding diaryl/α,β-unsaturated/α-hetero) is 1. The summed E-state index contributed by atoms with van der Waals surface area (Å²) in [4.78, 5) is 39.8. The molecule has 0 spiro atoms. The number of pyridine rings is 1. The molecule has 1 saturated heterocycles. The predicted octanol–water partition coefficient (Wildman–Crippen LogP) is 3.91. The number of aromatic nitrogens is 3. The van der Waals surface area contributed by atoms with Crippen LogP contribution in [0.15, 0.2) is 66.5 Å². The monoisotopic (exact) mass is 470 g/mol. The third-order valence-corrected chi connectivity index (χ3v) is 5.96. The summed E-state index contributed by atoms with van der Waals surface area (Å²) in [6.07, 6.45) is 3.14. The van der Waals surface area contributed by atoms with Crippen molar-refractivity contribution in [2.75, 3.05) is 19.1 Å². The maximum absolute atomic E-state index is 13.4. The molecule has 1 fully saturated rings. The Morgan fingerprint density at radius 2 is 1.91 bits per heavy atom. The van der Waals surface area contributed by atoms with Crippen LogP contribution in [-0.2, 0) is 9.59 Å². The molecule has 3 heterocycles. The first-order chi connectivity index (χ1) is 16.9. The standard InChI is InChI=1S/C26H22N4O5/c1-14-6-8-18-19(11-14)29-26(28-18)30-22(15-5-4-10-27-13-15)21(24(32)25(30)33)23(31)17-12-16(34-2)7-9-20(17)35-3/h4-13,22,31H,1-3H3,(H,28,29)/b23-21+. The Morgan fingerprint density at radius 1 is 1.09 bits per heavy atom. The van der Waals surface area contributed by atoms with Crippen LogP contribution in [0.25, 0.3) is 16.8 Å². The summed E-state index contributed by atoms with van der Waals surface area (Å²) in [5, 5.41) is 11.4. The maximum atomic E-state index is 13.4. The molecule has 2 aromatic heterocycles. The number of anilines is 1. The number of H-pyrrole nitrogens is 1. The van der Waals surface area contributed by atoms with Crippen LogP contribution in [0.5, 0.6) is 11.5 Å². The van der Waals surface area contributed by atoms with E-state index in [-0.39, 0.29) is 22.8 Å². The number of benzene rings is 2. The number of aliphatic hydroxyl groups excluding tert-OH is 1. The Bertz CT molecular complexity index is 1490. The van der Waals surface area contributed by atoms with Crippen molar-refractivity contribution in [3.8, 4) is 11.5 Å². The van der Waals surface area contributed by atoms with Crippen molar-refractivity contribution in [3.05, 3.63) is 83.2 Å². The van der Waals surface area contributed by atoms with E-state index in [9.17, 15) is 14.7 Å². The van der Waals surface area contributed by atoms with Gasteiger partial charge in [0.1, 0.15) is 17.3 Å². The number of rotatable bonds is 5. The molecule has 1 amide bonds. The van der Waals surface area contributed by atoms with Crippen molar-refractivity contribution in [2.45, 2.75) is 13.0 Å². The van der Waals surface area contributed by atoms with Gasteiger partial charge < -0.3 is 19.6 Å². The van der Waals surface area contributed by atoms with Gasteiger partial charge in [-0.05, 0) is 54.4 Å². The lowest BCUT2D eigenvalue weighted by atomic mass is 9.96. The zero-order valence-electron chi connectivity index (χ0n) is 19.3. The number of methoxy groups -OCH3 is 2. The third kappa shape index (κ3) is 3.67. The highest BCUT2D eigenvalue weighted by atomic mass is 16.5. The van der Waals surface area contributed by atoms with E-state index < -0.39 is 17.7 Å². The summed E-state index contributed by atoms with van der Waals surface area (Å²) < 4.78 is 10.7. The molecule has 35 heavy (non-hydrogen) atoms. The summed E-state index contributed by atoms with van der Waals surface area (Å²) in [6, 6.07) is 12.9. The summed E-state index contributed by atoms with van der Waals surface area (Å²) in [7, 11) is 2.94. The summed E-state index contributed by atoms with van der Waals surface area (Å²) >= 11 is 0. The van der Waals surface area contributed by atoms with E-state index in [0.29, 0.717) is 22.6 Å². The van der Waals surface area contributed by atoms with Crippen LogP contribution in [0, 0.1) is 6.92 Å². The minimum Gasteiger partial charge on any atom is -0.507 e. The van der Waals surface area contributed by atoms with Gasteiger partial charge in [0.05, 0.1) is 42.4 Å². The molecule has 0 aliphatic carbocycles. The van der Waals surface area contributed by atoms with Crippen LogP contribution in [0.4, 0.5) is 5.95 Å². The molecule has 5 rings (SSSR count). The van der Waals surface area contributed by atoms with Crippen molar-refractivity contribution in [3.63, 3.8) is 0 Å². The number of hydrogen-bond donors (Lipinski definition) is 2. The van der Waals surface area contributed by atoms with Crippen molar-refractivity contribution in [2.24, 2.45) is 0 Å². The van der Waals surface area contributed by atoms with Crippen LogP contribution >= 0.6 is 0 Å². The van der Waals surface area contributed by atoms with Crippen LogP contribution in [0.2, 0.25) is 0 Å². The second-order valence-electron chi connectivity index (χ2n) is 8.10. The Labute approximate surface area is 200 Å². The Balaban J connectivity index is 1.75. The second-order valence-corrected chi connectivity index (χ2v) is 8.10. The molecule has 176 valence electrons. The third-order valence-electron chi connectivity index (χ3n) is 5.96. The van der Waals surface area contributed by atoms with Gasteiger partial charge in [0.15, 0.2) is 0 Å². The quantitative estimate of drug-likeness (QED) is 0.258. The maximum Gasteiger partial charge on any atom is 0.302 e. The minimum atomic E-state index is -0.971. The molecule has 0 saturated carbocycles. The molecule has 0 radical (unpaired) electrons. The number of carbonyl (C=O) groups excluding carboxylic acids is 2. The van der Waals surface area contributed by atoms with Crippen LogP contribution in [-0.4, -0.2) is 46.0 Å². The number of imidazole rings is 1. The molecule has 2 N–H and O–H groups in total. The zero-order chi connectivity index (χ0) is 24.7. The smallest absolute Gasteiger partial charge is 0.302 e. The molecule has 1 aliphatic rings. The molecule has 4 aromatic rings. The van der Waals surface area contributed by atoms with E-state index in [1.807, 2.05) is 25.1 Å². The fourth-order valence-electron chi connectivity index (χ4n) is 4.27. The van der Waals surface area contributed by atoms with Crippen LogP contribution in [0.3, 0.4) is 0 Å². The SMILES string of the molecule is COc1ccc(OC)c(/C(O)=C2\C(=O)C(=O)N(c3nc4ccc(C)cc4[nH]3)C2c2cccnc2)c1. The summed E-state index contributed by atoms with van der Waals surface area (Å²) in [6.45, 7) is 1.95. The number of aryl methyl sites for hydroxylation is 1. The Hall–Kier alpha value is -4.66. The number of aromatic amines is 1. The van der Waals surface area contributed by atoms with Gasteiger partial charge in [0.2, 0.25) is 5.95 Å². The molecule has 9 nitrogen and oxygen atoms in total. The molecule has 9 heteroatoms. The lowest BCUT2D eigenvalue weighted by molar-refractivity contribution is -0.132. The second kappa shape index (κ2) is 8.60. The number of ether oxygens (including phenoxy) is 2. The van der Waals surface area contributed by atoms with Crippen molar-refractivity contribution in [1.82, 2.24) is 15.0 Å². The van der Waals surface area contributed by atoms with E-state index in [4.69, 9.17) is 9.47 Å². The fraction of sp³-hybridized carbons (Fsp3) is 0.154. The van der Waals surface area contributed by atoms with Gasteiger partial charge in [0.25, 0.3) is 5.78 Å². The first kappa shape index (κ1) is 22.1. The summed E-state index contributed by atoms with van der Waals surface area (Å²) in [5.41, 5.74) is 3.04. The Morgan fingerprint density at radius 3 is 2.63 bits per heavy atom. The van der Waals surface area contributed by atoms with Gasteiger partial charge in [0, 0.05) is 12.4 Å². The zero-order valence-corrected chi connectivity index (χ0v) is 19.3. The highest BCUT2D eigenvalue weighted by Crippen LogP contribution is 2.43. The number of carbonyl (C=O) groups is 2. The van der Waals surface area contributed by atoms with Gasteiger partial charge in [-0.1, -0.05) is 12.1 Å². The van der Waals surface area contributed by atoms with E-state index >= 15 is 0 Å². The van der Waals surface area contributed by atoms with Crippen molar-refractivity contribution in [1.29, 1.82) is 0 Å². The molecule has 1 aliphatic heterocycles. The van der Waals surface area contributed by atoms with Gasteiger partial charge in [-0.15, -0.1) is 0 Å². The van der Waals surface area contributed by atoms with Crippen molar-refractivity contribution < 1.29 is 24.2 Å². The molecule has 1 unspecified atom stereocenters. The number of fused-ring (bicyclic) bond motifs is 1. The molecule has 0 bridgehead atoms. The first-order valence-electron chi connectivity index (χ1n) is 10.8. The highest BCUT2D eigenvalue weighted by molar-refractivity contribution is 6.51. The van der Waals surface area contributed by atoms with Gasteiger partial charge in [-0.3, -0.25) is 19.5 Å². The van der Waals surface area contributed by atoms with E-state index in [0.717, 1.165) is 11.1 Å². The largest absolute Gasteiger partial charge is 0.507 e. The average Bonchev–Trinajstić information content (AvgIpc) is 3.41. The highest BCUT2D eigenvalue weighted by Gasteiger charge is 2.48. The van der Waals surface area contributed by atoms with Gasteiger partial charge in [-0.2, -0.15) is 0 Å². The van der Waals surface area contributed by atoms with Gasteiger partial charge >= 0.3 is 5.91 Å². The fourth-order valence-corrected chi connectivity index (χ4v) is 4.27. The number of ketones is 1. The lowest BCUT2D eigenvalue weighted by Gasteiger charge is -2.23. The molecule has 2 aromatic carbocycles. The van der Waals surface area contributed by atoms with Gasteiger partial charge in [-0.25, -0.2) is 4.98 Å². The minimum absolute atomic E-state index is 0.105. The lowest BCUT2D eigenvalue weighted by Crippen LogP contribution is -2.30. The van der Waals surface area contributed by atoms with E-state index in [2.05, 4.69) is 15.0 Å². The van der Waals surface area contributed by atoms with Crippen molar-refractivity contribution >= 4 is 34.4 Å². The topological polar surface area (TPSA) is 118 Å². The van der Waals surface area contributed by atoms with E-state index in [1.54, 1.807) is 42.7 Å². The molecular weight excluding hydrogens is 448 g/mol. The number of aliphatic hydroxyl groups is 1. The first-order valence-corrected chi connectivity index (χ1v) is 10.8. The van der Waals surface area contributed by atoms with Crippen LogP contribution < -0.4 is 14.4 Å². The van der Waals surface area contributed by atoms with E-state index in [1.165, 1.54) is 19.1 Å². The average molecular weight is 470 g/mol. The molecule has 1 atom stereocenters. The number of hydrogen-bond acceptors (Lipinski definition) is 7. The number of nitrogens with one attached hydrogen (secondary N) is 1. The number of nitrogens with zero attached hydrogens (tertiary/aromatic N) is 3. The Kier molecular flexibility index (Phi) is 5.44. The normalized spacial score (nSPS) is 17.2. The number of amides is 1. The molecular formula is C26H22N4O5. The predicted molar refractivity (Wildman–Crippen MR) is 129 cm³/mol.